The number of hydrogen-bond acceptors (Lipinski definition) is 1. The van der Waals surface area contributed by atoms with E-state index in [1.807, 2.05) is 18.2 Å². The van der Waals surface area contributed by atoms with Crippen molar-refractivity contribution in [1.82, 2.24) is 0 Å². The van der Waals surface area contributed by atoms with Crippen LogP contribution in [0.25, 0.3) is 0 Å². The van der Waals surface area contributed by atoms with E-state index in [0.29, 0.717) is 31.6 Å². The van der Waals surface area contributed by atoms with Crippen LogP contribution in [0.4, 0.5) is 0 Å². The summed E-state index contributed by atoms with van der Waals surface area (Å²) in [4.78, 5) is 11.7. The molecular formula is C16H14OSe. The SMILES string of the molecule is O=Cc1ccccc1[Se]C1C2C=CC=CC1C=C2. The first kappa shape index (κ1) is 11.7. The van der Waals surface area contributed by atoms with Gasteiger partial charge in [-0.05, 0) is 0 Å². The molecule has 0 radical (unpaired) electrons. The molecule has 0 saturated carbocycles. The van der Waals surface area contributed by atoms with Crippen LogP contribution in [0.1, 0.15) is 10.4 Å². The van der Waals surface area contributed by atoms with E-state index in [1.165, 1.54) is 4.46 Å². The average molecular weight is 301 g/mol. The number of hydrogen-bond donors (Lipinski definition) is 0. The first-order chi connectivity index (χ1) is 8.88. The molecule has 90 valence electrons. The van der Waals surface area contributed by atoms with Gasteiger partial charge < -0.3 is 0 Å². The van der Waals surface area contributed by atoms with Crippen molar-refractivity contribution in [3.8, 4) is 0 Å². The molecule has 1 aromatic rings. The van der Waals surface area contributed by atoms with Crippen LogP contribution in [0.3, 0.4) is 0 Å². The number of carbonyl (C=O) groups is 1. The molecule has 0 fully saturated rings. The Hall–Kier alpha value is -1.37. The van der Waals surface area contributed by atoms with E-state index in [0.717, 1.165) is 11.8 Å². The molecule has 0 N–H and O–H groups in total. The van der Waals surface area contributed by atoms with Crippen molar-refractivity contribution in [3.05, 3.63) is 66.3 Å². The van der Waals surface area contributed by atoms with Gasteiger partial charge >= 0.3 is 113 Å². The Morgan fingerprint density at radius 1 is 0.944 bits per heavy atom. The maximum absolute atomic E-state index is 11.1. The molecule has 0 heterocycles. The van der Waals surface area contributed by atoms with Crippen molar-refractivity contribution in [1.29, 1.82) is 0 Å². The third-order valence-corrected chi connectivity index (χ3v) is 6.60. The van der Waals surface area contributed by atoms with Crippen LogP contribution in [0.15, 0.2) is 60.7 Å². The van der Waals surface area contributed by atoms with E-state index in [9.17, 15) is 4.79 Å². The molecule has 2 aliphatic carbocycles. The third-order valence-electron chi connectivity index (χ3n) is 3.40. The van der Waals surface area contributed by atoms with Crippen molar-refractivity contribution in [2.75, 3.05) is 0 Å². The molecule has 2 aliphatic rings. The van der Waals surface area contributed by atoms with E-state index in [1.54, 1.807) is 0 Å². The van der Waals surface area contributed by atoms with Crippen molar-refractivity contribution < 1.29 is 4.79 Å². The van der Waals surface area contributed by atoms with Crippen molar-refractivity contribution >= 4 is 25.7 Å². The molecule has 1 aromatic carbocycles. The number of allylic oxidation sites excluding steroid dienone is 6. The average Bonchev–Trinajstić information content (AvgIpc) is 2.63. The van der Waals surface area contributed by atoms with Gasteiger partial charge in [0.05, 0.1) is 0 Å². The van der Waals surface area contributed by atoms with Gasteiger partial charge in [-0.3, -0.25) is 0 Å². The fourth-order valence-corrected chi connectivity index (χ4v) is 5.35. The van der Waals surface area contributed by atoms with Crippen LogP contribution >= 0.6 is 0 Å². The molecule has 0 spiro atoms. The predicted octanol–water partition coefficient (Wildman–Crippen LogP) is 2.55. The van der Waals surface area contributed by atoms with E-state index in [2.05, 4.69) is 42.5 Å². The Morgan fingerprint density at radius 2 is 1.61 bits per heavy atom. The Balaban J connectivity index is 1.87. The van der Waals surface area contributed by atoms with Crippen LogP contribution in [0, 0.1) is 11.8 Å². The fraction of sp³-hybridized carbons (Fsp3) is 0.188. The van der Waals surface area contributed by atoms with E-state index in [-0.39, 0.29) is 0 Å². The molecule has 0 saturated heterocycles. The molecule has 2 unspecified atom stereocenters. The van der Waals surface area contributed by atoms with Gasteiger partial charge in [-0.2, -0.15) is 0 Å². The Kier molecular flexibility index (Phi) is 3.31. The zero-order valence-corrected chi connectivity index (χ0v) is 11.6. The van der Waals surface area contributed by atoms with Crippen LogP contribution in [0.5, 0.6) is 0 Å². The number of benzene rings is 1. The Morgan fingerprint density at radius 3 is 2.28 bits per heavy atom. The molecule has 18 heavy (non-hydrogen) atoms. The number of fused-ring (bicyclic) bond motifs is 2. The molecule has 0 aromatic heterocycles. The van der Waals surface area contributed by atoms with Crippen molar-refractivity contribution in [2.45, 2.75) is 4.82 Å². The van der Waals surface area contributed by atoms with Gasteiger partial charge in [-0.1, -0.05) is 0 Å². The second kappa shape index (κ2) is 5.09. The summed E-state index contributed by atoms with van der Waals surface area (Å²) in [7, 11) is 0. The zero-order valence-electron chi connectivity index (χ0n) is 9.90. The topological polar surface area (TPSA) is 17.1 Å². The van der Waals surface area contributed by atoms with Gasteiger partial charge in [-0.25, -0.2) is 0 Å². The van der Waals surface area contributed by atoms with Crippen molar-refractivity contribution in [3.63, 3.8) is 0 Å². The molecule has 0 aliphatic heterocycles. The van der Waals surface area contributed by atoms with Gasteiger partial charge in [0, 0.05) is 0 Å². The second-order valence-corrected chi connectivity index (χ2v) is 7.11. The maximum atomic E-state index is 11.1. The standard InChI is InChI=1S/C16H14OSe/c17-11-14-7-3-4-8-15(14)18-16-12-5-1-2-6-13(16)10-9-12/h1-13,16H. The number of carbonyl (C=O) groups excluding carboxylic acids is 1. The van der Waals surface area contributed by atoms with E-state index in [4.69, 9.17) is 0 Å². The van der Waals surface area contributed by atoms with Gasteiger partial charge in [0.15, 0.2) is 0 Å². The minimum atomic E-state index is 0.329. The predicted molar refractivity (Wildman–Crippen MR) is 75.4 cm³/mol. The first-order valence-corrected chi connectivity index (χ1v) is 7.97. The van der Waals surface area contributed by atoms with Crippen LogP contribution < -0.4 is 4.46 Å². The van der Waals surface area contributed by atoms with E-state index < -0.39 is 0 Å². The van der Waals surface area contributed by atoms with Crippen LogP contribution in [0.2, 0.25) is 4.82 Å². The van der Waals surface area contributed by atoms with Gasteiger partial charge in [0.2, 0.25) is 0 Å². The summed E-state index contributed by atoms with van der Waals surface area (Å²) in [6.07, 6.45) is 14.4. The van der Waals surface area contributed by atoms with E-state index >= 15 is 0 Å². The summed E-state index contributed by atoms with van der Waals surface area (Å²) in [5, 5.41) is 0. The van der Waals surface area contributed by atoms with Crippen LogP contribution in [-0.4, -0.2) is 21.2 Å². The molecule has 2 heteroatoms. The second-order valence-electron chi connectivity index (χ2n) is 4.55. The fourth-order valence-electron chi connectivity index (χ4n) is 2.45. The summed E-state index contributed by atoms with van der Waals surface area (Å²) in [5.74, 6) is 1.06. The van der Waals surface area contributed by atoms with Gasteiger partial charge in [0.25, 0.3) is 0 Å². The monoisotopic (exact) mass is 302 g/mol. The summed E-state index contributed by atoms with van der Waals surface area (Å²) < 4.78 is 1.23. The normalized spacial score (nSPS) is 28.3. The number of aldehydes is 1. The minimum absolute atomic E-state index is 0.329. The van der Waals surface area contributed by atoms with Gasteiger partial charge in [-0.15, -0.1) is 0 Å². The summed E-state index contributed by atoms with van der Waals surface area (Å²) in [6, 6.07) is 7.98. The molecule has 3 rings (SSSR count). The summed E-state index contributed by atoms with van der Waals surface area (Å²) in [5.41, 5.74) is 0.856. The Labute approximate surface area is 113 Å². The van der Waals surface area contributed by atoms with Crippen LogP contribution in [-0.2, 0) is 0 Å². The summed E-state index contributed by atoms with van der Waals surface area (Å²) >= 11 is 0.329. The molecule has 0 amide bonds. The Bertz CT molecular complexity index is 520. The molecule has 2 atom stereocenters. The summed E-state index contributed by atoms with van der Waals surface area (Å²) in [6.45, 7) is 0. The number of rotatable bonds is 3. The van der Waals surface area contributed by atoms with Crippen molar-refractivity contribution in [2.24, 2.45) is 11.8 Å². The van der Waals surface area contributed by atoms with Gasteiger partial charge in [0.1, 0.15) is 0 Å². The molecule has 1 nitrogen and oxygen atoms in total. The molecule has 2 bridgehead atoms. The molecular weight excluding hydrogens is 287 g/mol. The third kappa shape index (κ3) is 2.14. The first-order valence-electron chi connectivity index (χ1n) is 6.12. The quantitative estimate of drug-likeness (QED) is 0.476. The zero-order chi connectivity index (χ0) is 12.4.